The van der Waals surface area contributed by atoms with Crippen LogP contribution in [0.5, 0.6) is 5.75 Å². The van der Waals surface area contributed by atoms with E-state index in [4.69, 9.17) is 15.3 Å². The first kappa shape index (κ1) is 13.9. The van der Waals surface area contributed by atoms with E-state index in [0.717, 1.165) is 17.7 Å². The number of hydrogen-bond acceptors (Lipinski definition) is 4. The molecule has 0 aromatic heterocycles. The minimum Gasteiger partial charge on any atom is -0.496 e. The van der Waals surface area contributed by atoms with Crippen LogP contribution in [0.4, 0.5) is 0 Å². The molecule has 2 fully saturated rings. The van der Waals surface area contributed by atoms with Gasteiger partial charge in [-0.15, -0.1) is 0 Å². The predicted molar refractivity (Wildman–Crippen MR) is 78.5 cm³/mol. The second-order valence-corrected chi connectivity index (χ2v) is 6.10. The maximum absolute atomic E-state index is 5.98. The van der Waals surface area contributed by atoms with Crippen molar-refractivity contribution in [2.75, 3.05) is 7.11 Å². The van der Waals surface area contributed by atoms with Gasteiger partial charge in [-0.25, -0.2) is 0 Å². The molecule has 0 aliphatic carbocycles. The summed E-state index contributed by atoms with van der Waals surface area (Å²) in [6.07, 6.45) is 4.30. The van der Waals surface area contributed by atoms with Gasteiger partial charge in [0.1, 0.15) is 5.75 Å². The first-order valence-corrected chi connectivity index (χ1v) is 7.40. The summed E-state index contributed by atoms with van der Waals surface area (Å²) in [6.45, 7) is 4.20. The molecule has 2 aliphatic rings. The van der Waals surface area contributed by atoms with Gasteiger partial charge >= 0.3 is 0 Å². The van der Waals surface area contributed by atoms with Crippen molar-refractivity contribution in [1.82, 2.24) is 5.43 Å². The molecule has 4 atom stereocenters. The molecule has 2 aliphatic heterocycles. The number of rotatable bonds is 4. The van der Waals surface area contributed by atoms with Gasteiger partial charge in [-0.1, -0.05) is 6.07 Å². The van der Waals surface area contributed by atoms with Gasteiger partial charge in [0.25, 0.3) is 0 Å². The number of hydrogen-bond donors (Lipinski definition) is 2. The van der Waals surface area contributed by atoms with Crippen LogP contribution in [-0.4, -0.2) is 19.3 Å². The lowest BCUT2D eigenvalue weighted by atomic mass is 9.80. The molecule has 4 heteroatoms. The Morgan fingerprint density at radius 3 is 2.65 bits per heavy atom. The lowest BCUT2D eigenvalue weighted by Crippen LogP contribution is -2.38. The summed E-state index contributed by atoms with van der Waals surface area (Å²) < 4.78 is 11.4. The van der Waals surface area contributed by atoms with Crippen LogP contribution in [0.2, 0.25) is 0 Å². The van der Waals surface area contributed by atoms with E-state index in [1.807, 2.05) is 0 Å². The third kappa shape index (κ3) is 2.22. The highest BCUT2D eigenvalue weighted by Crippen LogP contribution is 2.45. The van der Waals surface area contributed by atoms with Crippen molar-refractivity contribution >= 4 is 0 Å². The molecule has 4 nitrogen and oxygen atoms in total. The lowest BCUT2D eigenvalue weighted by molar-refractivity contribution is 0.0856. The zero-order valence-corrected chi connectivity index (χ0v) is 12.5. The number of fused-ring (bicyclic) bond motifs is 2. The number of methoxy groups -OCH3 is 1. The van der Waals surface area contributed by atoms with Gasteiger partial charge in [0.15, 0.2) is 0 Å². The second-order valence-electron chi connectivity index (χ2n) is 6.10. The third-order valence-electron chi connectivity index (χ3n) is 4.88. The molecule has 0 amide bonds. The van der Waals surface area contributed by atoms with Crippen LogP contribution >= 0.6 is 0 Å². The van der Waals surface area contributed by atoms with E-state index in [-0.39, 0.29) is 6.04 Å². The van der Waals surface area contributed by atoms with E-state index in [9.17, 15) is 0 Å². The molecule has 3 rings (SSSR count). The average Bonchev–Trinajstić information content (AvgIpc) is 3.05. The van der Waals surface area contributed by atoms with E-state index in [1.165, 1.54) is 24.0 Å². The first-order valence-electron chi connectivity index (χ1n) is 7.40. The molecule has 2 heterocycles. The van der Waals surface area contributed by atoms with E-state index in [0.29, 0.717) is 18.1 Å². The highest BCUT2D eigenvalue weighted by atomic mass is 16.5. The molecule has 110 valence electrons. The van der Waals surface area contributed by atoms with Gasteiger partial charge in [0.2, 0.25) is 0 Å². The number of ether oxygens (including phenoxy) is 2. The molecule has 20 heavy (non-hydrogen) atoms. The first-order chi connectivity index (χ1) is 9.63. The van der Waals surface area contributed by atoms with Crippen LogP contribution in [0.3, 0.4) is 0 Å². The van der Waals surface area contributed by atoms with Crippen molar-refractivity contribution in [2.24, 2.45) is 11.8 Å². The van der Waals surface area contributed by atoms with Crippen molar-refractivity contribution in [2.45, 2.75) is 51.4 Å². The molecule has 0 radical (unpaired) electrons. The number of nitrogens with one attached hydrogen (secondary N) is 1. The number of aryl methyl sites for hydroxylation is 2. The van der Waals surface area contributed by atoms with E-state index in [2.05, 4.69) is 31.4 Å². The average molecular weight is 276 g/mol. The van der Waals surface area contributed by atoms with Gasteiger partial charge in [0.05, 0.1) is 25.4 Å². The Morgan fingerprint density at radius 2 is 2.10 bits per heavy atom. The zero-order valence-electron chi connectivity index (χ0n) is 12.5. The monoisotopic (exact) mass is 276 g/mol. The quantitative estimate of drug-likeness (QED) is 0.655. The van der Waals surface area contributed by atoms with Crippen LogP contribution in [0.1, 0.15) is 42.0 Å². The summed E-state index contributed by atoms with van der Waals surface area (Å²) in [5.41, 5.74) is 6.67. The zero-order chi connectivity index (χ0) is 14.3. The van der Waals surface area contributed by atoms with Crippen LogP contribution in [0, 0.1) is 19.8 Å². The van der Waals surface area contributed by atoms with Crippen LogP contribution in [0.25, 0.3) is 0 Å². The third-order valence-corrected chi connectivity index (χ3v) is 4.88. The van der Waals surface area contributed by atoms with Crippen LogP contribution in [-0.2, 0) is 4.74 Å². The van der Waals surface area contributed by atoms with Crippen molar-refractivity contribution in [3.63, 3.8) is 0 Å². The maximum atomic E-state index is 5.98. The fraction of sp³-hybridized carbons (Fsp3) is 0.625. The molecule has 2 bridgehead atoms. The van der Waals surface area contributed by atoms with Gasteiger partial charge in [0, 0.05) is 5.92 Å². The van der Waals surface area contributed by atoms with E-state index >= 15 is 0 Å². The van der Waals surface area contributed by atoms with Crippen LogP contribution in [0.15, 0.2) is 12.1 Å². The number of hydrazine groups is 1. The van der Waals surface area contributed by atoms with Crippen molar-refractivity contribution in [3.8, 4) is 5.75 Å². The molecule has 0 spiro atoms. The van der Waals surface area contributed by atoms with Crippen LogP contribution < -0.4 is 16.0 Å². The second kappa shape index (κ2) is 5.35. The summed E-state index contributed by atoms with van der Waals surface area (Å²) >= 11 is 0. The topological polar surface area (TPSA) is 56.5 Å². The highest BCUT2D eigenvalue weighted by Gasteiger charge is 2.44. The van der Waals surface area contributed by atoms with E-state index < -0.39 is 0 Å². The Kier molecular flexibility index (Phi) is 3.71. The number of benzene rings is 1. The molecule has 4 unspecified atom stereocenters. The minimum atomic E-state index is 0.162. The summed E-state index contributed by atoms with van der Waals surface area (Å²) in [4.78, 5) is 0. The summed E-state index contributed by atoms with van der Waals surface area (Å²) in [5, 5.41) is 0. The number of nitrogens with two attached hydrogens (primary N) is 1. The van der Waals surface area contributed by atoms with Crippen molar-refractivity contribution < 1.29 is 9.47 Å². The minimum absolute atomic E-state index is 0.162. The lowest BCUT2D eigenvalue weighted by Gasteiger charge is -2.29. The Balaban J connectivity index is 1.91. The van der Waals surface area contributed by atoms with Gasteiger partial charge in [-0.3, -0.25) is 11.3 Å². The van der Waals surface area contributed by atoms with Gasteiger partial charge < -0.3 is 9.47 Å². The Bertz CT molecular complexity index is 503. The maximum Gasteiger partial charge on any atom is 0.122 e. The van der Waals surface area contributed by atoms with Crippen molar-refractivity contribution in [1.29, 1.82) is 0 Å². The largest absolute Gasteiger partial charge is 0.496 e. The predicted octanol–water partition coefficient (Wildman–Crippen LogP) is 2.38. The SMILES string of the molecule is COc1cc(C)c(C(NN)C2CC3CCC2O3)cc1C. The molecule has 2 saturated heterocycles. The summed E-state index contributed by atoms with van der Waals surface area (Å²) in [5.74, 6) is 7.28. The Hall–Kier alpha value is -1.10. The molecule has 1 aromatic carbocycles. The normalized spacial score (nSPS) is 29.7. The van der Waals surface area contributed by atoms with Crippen molar-refractivity contribution in [3.05, 3.63) is 28.8 Å². The summed E-state index contributed by atoms with van der Waals surface area (Å²) in [7, 11) is 1.71. The highest BCUT2D eigenvalue weighted by molar-refractivity contribution is 5.43. The van der Waals surface area contributed by atoms with E-state index in [1.54, 1.807) is 7.11 Å². The molecule has 3 N–H and O–H groups in total. The molecule has 1 aromatic rings. The summed E-state index contributed by atoms with van der Waals surface area (Å²) in [6, 6.07) is 4.46. The Labute approximate surface area is 120 Å². The molecule has 0 saturated carbocycles. The van der Waals surface area contributed by atoms with Gasteiger partial charge in [-0.2, -0.15) is 0 Å². The molecular weight excluding hydrogens is 252 g/mol. The fourth-order valence-corrected chi connectivity index (χ4v) is 3.84. The Morgan fingerprint density at radius 1 is 1.30 bits per heavy atom. The smallest absolute Gasteiger partial charge is 0.122 e. The standard InChI is InChI=1S/C16H24N2O2/c1-9-7-15(19-3)10(2)6-12(9)16(18-17)13-8-11-4-5-14(13)20-11/h6-7,11,13-14,16,18H,4-5,8,17H2,1-3H3. The fourth-order valence-electron chi connectivity index (χ4n) is 3.84. The molecular formula is C16H24N2O2. The van der Waals surface area contributed by atoms with Gasteiger partial charge in [-0.05, 0) is 55.9 Å².